The van der Waals surface area contributed by atoms with E-state index in [0.29, 0.717) is 6.42 Å². The van der Waals surface area contributed by atoms with Crippen LogP contribution in [0.3, 0.4) is 0 Å². The summed E-state index contributed by atoms with van der Waals surface area (Å²) in [5.74, 6) is 0. The molecule has 0 fully saturated rings. The standard InChI is InChI=1S/C16H18O5S.Na/c17-22(18,19)21-13-7-12-20-16(14-8-3-1-4-9-14)15-10-5-2-6-11-15;/h1-6,8-11,16H,7,12-13H2,(H,17,18,19);/q;+1/p-1. The Labute approximate surface area is 158 Å². The molecule has 23 heavy (non-hydrogen) atoms. The van der Waals surface area contributed by atoms with Gasteiger partial charge in [0.05, 0.1) is 13.2 Å². The van der Waals surface area contributed by atoms with E-state index in [4.69, 9.17) is 4.74 Å². The summed E-state index contributed by atoms with van der Waals surface area (Å²) in [4.78, 5) is 0. The van der Waals surface area contributed by atoms with Crippen molar-refractivity contribution in [1.29, 1.82) is 0 Å². The van der Waals surface area contributed by atoms with Gasteiger partial charge in [0.25, 0.3) is 0 Å². The predicted octanol–water partition coefficient (Wildman–Crippen LogP) is -0.336. The molecule has 0 spiro atoms. The van der Waals surface area contributed by atoms with Crippen LogP contribution in [0.15, 0.2) is 60.7 Å². The number of benzene rings is 2. The fourth-order valence-corrected chi connectivity index (χ4v) is 2.38. The minimum absolute atomic E-state index is 0. The van der Waals surface area contributed by atoms with Crippen LogP contribution in [0, 0.1) is 0 Å². The molecule has 0 aliphatic carbocycles. The van der Waals surface area contributed by atoms with Gasteiger partial charge in [-0.1, -0.05) is 60.7 Å². The zero-order valence-electron chi connectivity index (χ0n) is 12.9. The first kappa shape index (κ1) is 20.3. The van der Waals surface area contributed by atoms with Crippen LogP contribution in [0.4, 0.5) is 0 Å². The minimum atomic E-state index is -4.63. The summed E-state index contributed by atoms with van der Waals surface area (Å²) in [6.07, 6.45) is 0.0729. The van der Waals surface area contributed by atoms with Crippen molar-refractivity contribution >= 4 is 10.4 Å². The Morgan fingerprint density at radius 1 is 0.870 bits per heavy atom. The van der Waals surface area contributed by atoms with Crippen LogP contribution in [-0.2, 0) is 19.3 Å². The van der Waals surface area contributed by atoms with Crippen molar-refractivity contribution in [3.05, 3.63) is 71.8 Å². The zero-order valence-corrected chi connectivity index (χ0v) is 15.7. The van der Waals surface area contributed by atoms with Crippen LogP contribution < -0.4 is 29.6 Å². The van der Waals surface area contributed by atoms with Gasteiger partial charge in [-0.3, -0.25) is 4.18 Å². The third-order valence-electron chi connectivity index (χ3n) is 3.01. The summed E-state index contributed by atoms with van der Waals surface area (Å²) < 4.78 is 41.1. The van der Waals surface area contributed by atoms with Gasteiger partial charge in [-0.05, 0) is 17.5 Å². The molecule has 2 aromatic carbocycles. The molecule has 0 saturated carbocycles. The molecule has 2 rings (SSSR count). The van der Waals surface area contributed by atoms with Gasteiger partial charge in [0, 0.05) is 0 Å². The Morgan fingerprint density at radius 3 is 1.78 bits per heavy atom. The first-order valence-electron chi connectivity index (χ1n) is 6.88. The summed E-state index contributed by atoms with van der Waals surface area (Å²) in [5, 5.41) is 0. The molecule has 0 heterocycles. The maximum atomic E-state index is 10.4. The average Bonchev–Trinajstić information content (AvgIpc) is 2.51. The van der Waals surface area contributed by atoms with E-state index in [2.05, 4.69) is 4.18 Å². The van der Waals surface area contributed by atoms with Crippen molar-refractivity contribution in [2.45, 2.75) is 12.5 Å². The van der Waals surface area contributed by atoms with Crippen LogP contribution in [0.25, 0.3) is 0 Å². The summed E-state index contributed by atoms with van der Waals surface area (Å²) in [5.41, 5.74) is 2.01. The van der Waals surface area contributed by atoms with Crippen LogP contribution in [0.5, 0.6) is 0 Å². The van der Waals surface area contributed by atoms with Gasteiger partial charge in [0.15, 0.2) is 0 Å². The molecular formula is C16H17NaO5S. The molecule has 0 bridgehead atoms. The third kappa shape index (κ3) is 7.58. The molecule has 0 aliphatic heterocycles. The number of hydrogen-bond donors (Lipinski definition) is 0. The largest absolute Gasteiger partial charge is 1.00 e. The summed E-state index contributed by atoms with van der Waals surface area (Å²) in [6.45, 7) is 0.103. The quantitative estimate of drug-likeness (QED) is 0.284. The molecule has 0 radical (unpaired) electrons. The monoisotopic (exact) mass is 344 g/mol. The van der Waals surface area contributed by atoms with Crippen LogP contribution in [0.1, 0.15) is 23.7 Å². The molecule has 118 valence electrons. The normalized spacial score (nSPS) is 11.2. The molecule has 7 heteroatoms. The molecule has 0 aliphatic rings. The Kier molecular flexibility index (Phi) is 9.01. The summed E-state index contributed by atoms with van der Waals surface area (Å²) >= 11 is 0. The molecular weight excluding hydrogens is 327 g/mol. The van der Waals surface area contributed by atoms with Crippen molar-refractivity contribution in [2.75, 3.05) is 13.2 Å². The third-order valence-corrected chi connectivity index (χ3v) is 3.46. The van der Waals surface area contributed by atoms with E-state index in [1.54, 1.807) is 0 Å². The van der Waals surface area contributed by atoms with Gasteiger partial charge in [-0.2, -0.15) is 0 Å². The van der Waals surface area contributed by atoms with E-state index >= 15 is 0 Å². The van der Waals surface area contributed by atoms with E-state index in [-0.39, 0.29) is 48.9 Å². The van der Waals surface area contributed by atoms with Crippen LogP contribution in [0.2, 0.25) is 0 Å². The maximum absolute atomic E-state index is 10.4. The number of ether oxygens (including phenoxy) is 1. The van der Waals surface area contributed by atoms with Gasteiger partial charge in [0.1, 0.15) is 6.10 Å². The van der Waals surface area contributed by atoms with Crippen molar-refractivity contribution in [3.63, 3.8) is 0 Å². The Balaban J connectivity index is 0.00000264. The summed E-state index contributed by atoms with van der Waals surface area (Å²) in [6, 6.07) is 19.5. The van der Waals surface area contributed by atoms with Gasteiger partial charge in [-0.15, -0.1) is 0 Å². The van der Waals surface area contributed by atoms with Crippen molar-refractivity contribution < 1.29 is 51.4 Å². The van der Waals surface area contributed by atoms with Crippen LogP contribution in [-0.4, -0.2) is 26.2 Å². The molecule has 0 unspecified atom stereocenters. The fourth-order valence-electron chi connectivity index (χ4n) is 2.06. The minimum Gasteiger partial charge on any atom is -0.726 e. The van der Waals surface area contributed by atoms with Gasteiger partial charge in [-0.25, -0.2) is 8.42 Å². The predicted molar refractivity (Wildman–Crippen MR) is 80.9 cm³/mol. The first-order valence-corrected chi connectivity index (χ1v) is 8.21. The molecule has 2 aromatic rings. The molecule has 0 N–H and O–H groups in total. The molecule has 0 atom stereocenters. The Bertz CT molecular complexity index is 622. The van der Waals surface area contributed by atoms with Crippen molar-refractivity contribution in [1.82, 2.24) is 0 Å². The molecule has 0 amide bonds. The summed E-state index contributed by atoms with van der Waals surface area (Å²) in [7, 11) is -4.63. The SMILES string of the molecule is O=S(=O)([O-])OCCCOC(c1ccccc1)c1ccccc1.[Na+]. The van der Waals surface area contributed by atoms with E-state index in [0.717, 1.165) is 11.1 Å². The zero-order chi connectivity index (χ0) is 15.8. The smallest absolute Gasteiger partial charge is 0.726 e. The van der Waals surface area contributed by atoms with E-state index in [1.165, 1.54) is 0 Å². The Morgan fingerprint density at radius 2 is 1.35 bits per heavy atom. The first-order chi connectivity index (χ1) is 10.6. The van der Waals surface area contributed by atoms with E-state index in [9.17, 15) is 13.0 Å². The van der Waals surface area contributed by atoms with Crippen molar-refractivity contribution in [2.24, 2.45) is 0 Å². The second-order valence-electron chi connectivity index (χ2n) is 4.66. The van der Waals surface area contributed by atoms with E-state index in [1.807, 2.05) is 60.7 Å². The Hall–Kier alpha value is -0.730. The average molecular weight is 344 g/mol. The van der Waals surface area contributed by atoms with Gasteiger partial charge < -0.3 is 9.29 Å². The van der Waals surface area contributed by atoms with Crippen LogP contribution >= 0.6 is 0 Å². The molecule has 0 saturated heterocycles. The maximum Gasteiger partial charge on any atom is 1.00 e. The topological polar surface area (TPSA) is 75.7 Å². The second-order valence-corrected chi connectivity index (χ2v) is 5.71. The van der Waals surface area contributed by atoms with Gasteiger partial charge >= 0.3 is 29.6 Å². The molecule has 0 aromatic heterocycles. The van der Waals surface area contributed by atoms with E-state index < -0.39 is 10.4 Å². The number of rotatable bonds is 8. The molecule has 5 nitrogen and oxygen atoms in total. The second kappa shape index (κ2) is 10.2. The fraction of sp³-hybridized carbons (Fsp3) is 0.250. The van der Waals surface area contributed by atoms with Gasteiger partial charge in [0.2, 0.25) is 10.4 Å². The number of hydrogen-bond acceptors (Lipinski definition) is 5. The van der Waals surface area contributed by atoms with Crippen molar-refractivity contribution in [3.8, 4) is 0 Å².